The second kappa shape index (κ2) is 4.61. The number of halogens is 1. The van der Waals surface area contributed by atoms with Gasteiger partial charge < -0.3 is 9.64 Å². The predicted octanol–water partition coefficient (Wildman–Crippen LogP) is 2.53. The molecule has 0 saturated heterocycles. The molecule has 1 aliphatic rings. The molecule has 0 unspecified atom stereocenters. The van der Waals surface area contributed by atoms with E-state index in [1.807, 2.05) is 30.1 Å². The van der Waals surface area contributed by atoms with Gasteiger partial charge in [0.25, 0.3) is 5.91 Å². The van der Waals surface area contributed by atoms with Gasteiger partial charge in [0.05, 0.1) is 10.7 Å². The van der Waals surface area contributed by atoms with Crippen LogP contribution >= 0.6 is 22.6 Å². The Morgan fingerprint density at radius 3 is 2.75 bits per heavy atom. The molecule has 0 atom stereocenters. The summed E-state index contributed by atoms with van der Waals surface area (Å²) in [5, 5.41) is 0. The van der Waals surface area contributed by atoms with Crippen molar-refractivity contribution in [2.24, 2.45) is 0 Å². The molecule has 0 spiro atoms. The van der Waals surface area contributed by atoms with Gasteiger partial charge in [-0.2, -0.15) is 0 Å². The van der Waals surface area contributed by atoms with Gasteiger partial charge in [0.1, 0.15) is 5.75 Å². The van der Waals surface area contributed by atoms with Gasteiger partial charge in [0.2, 0.25) is 0 Å². The number of rotatable bonds is 3. The standard InChI is InChI=1S/C12H14INO2/c1-14(9-4-5-9)12(15)8-3-6-10(13)11(7-8)16-2/h3,6-7,9H,4-5H2,1-2H3. The summed E-state index contributed by atoms with van der Waals surface area (Å²) in [6.07, 6.45) is 2.26. The van der Waals surface area contributed by atoms with Crippen LogP contribution in [0, 0.1) is 3.57 Å². The summed E-state index contributed by atoms with van der Waals surface area (Å²) in [4.78, 5) is 13.9. The van der Waals surface area contributed by atoms with Crippen LogP contribution in [-0.4, -0.2) is 31.0 Å². The van der Waals surface area contributed by atoms with Crippen molar-refractivity contribution in [1.82, 2.24) is 4.90 Å². The minimum Gasteiger partial charge on any atom is -0.496 e. The van der Waals surface area contributed by atoms with E-state index < -0.39 is 0 Å². The van der Waals surface area contributed by atoms with Crippen molar-refractivity contribution in [3.63, 3.8) is 0 Å². The van der Waals surface area contributed by atoms with Crippen LogP contribution in [0.3, 0.4) is 0 Å². The summed E-state index contributed by atoms with van der Waals surface area (Å²) in [6, 6.07) is 6.01. The molecule has 0 aromatic heterocycles. The molecule has 86 valence electrons. The Morgan fingerprint density at radius 2 is 2.19 bits per heavy atom. The van der Waals surface area contributed by atoms with Crippen molar-refractivity contribution in [2.45, 2.75) is 18.9 Å². The number of benzene rings is 1. The summed E-state index contributed by atoms with van der Waals surface area (Å²) in [5.41, 5.74) is 0.701. The van der Waals surface area contributed by atoms with E-state index in [1.54, 1.807) is 7.11 Å². The molecule has 0 N–H and O–H groups in total. The normalized spacial score (nSPS) is 14.7. The lowest BCUT2D eigenvalue weighted by Gasteiger charge is -2.16. The Balaban J connectivity index is 2.22. The number of amides is 1. The topological polar surface area (TPSA) is 29.5 Å². The summed E-state index contributed by atoms with van der Waals surface area (Å²) >= 11 is 2.19. The third-order valence-corrected chi connectivity index (χ3v) is 3.70. The first-order chi connectivity index (χ1) is 7.63. The van der Waals surface area contributed by atoms with Gasteiger partial charge in [0.15, 0.2) is 0 Å². The Labute approximate surface area is 109 Å². The van der Waals surface area contributed by atoms with Crippen molar-refractivity contribution >= 4 is 28.5 Å². The molecular formula is C12H14INO2. The molecule has 3 nitrogen and oxygen atoms in total. The Kier molecular flexibility index (Phi) is 3.37. The van der Waals surface area contributed by atoms with Crippen LogP contribution in [0.5, 0.6) is 5.75 Å². The van der Waals surface area contributed by atoms with E-state index in [1.165, 1.54) is 0 Å². The highest BCUT2D eigenvalue weighted by molar-refractivity contribution is 14.1. The molecular weight excluding hydrogens is 317 g/mol. The van der Waals surface area contributed by atoms with Crippen molar-refractivity contribution in [2.75, 3.05) is 14.2 Å². The van der Waals surface area contributed by atoms with Crippen LogP contribution in [0.4, 0.5) is 0 Å². The van der Waals surface area contributed by atoms with Crippen molar-refractivity contribution in [3.8, 4) is 5.75 Å². The number of hydrogen-bond donors (Lipinski definition) is 0. The van der Waals surface area contributed by atoms with Gasteiger partial charge in [-0.25, -0.2) is 0 Å². The molecule has 1 amide bonds. The van der Waals surface area contributed by atoms with Gasteiger partial charge in [-0.1, -0.05) is 0 Å². The molecule has 0 aliphatic heterocycles. The molecule has 1 aromatic carbocycles. The molecule has 0 radical (unpaired) electrons. The van der Waals surface area contributed by atoms with E-state index in [9.17, 15) is 4.79 Å². The van der Waals surface area contributed by atoms with Gasteiger partial charge in [-0.05, 0) is 53.6 Å². The van der Waals surface area contributed by atoms with E-state index in [0.29, 0.717) is 11.6 Å². The lowest BCUT2D eigenvalue weighted by Crippen LogP contribution is -2.28. The molecule has 1 aliphatic carbocycles. The van der Waals surface area contributed by atoms with Gasteiger partial charge >= 0.3 is 0 Å². The lowest BCUT2D eigenvalue weighted by molar-refractivity contribution is 0.0784. The molecule has 2 rings (SSSR count). The molecule has 1 saturated carbocycles. The highest BCUT2D eigenvalue weighted by Gasteiger charge is 2.30. The largest absolute Gasteiger partial charge is 0.496 e. The predicted molar refractivity (Wildman–Crippen MR) is 70.8 cm³/mol. The summed E-state index contributed by atoms with van der Waals surface area (Å²) in [6.45, 7) is 0. The quantitative estimate of drug-likeness (QED) is 0.797. The first-order valence-electron chi connectivity index (χ1n) is 5.24. The summed E-state index contributed by atoms with van der Waals surface area (Å²) in [5.74, 6) is 0.841. The molecule has 1 fully saturated rings. The average Bonchev–Trinajstić information content (AvgIpc) is 3.11. The minimum absolute atomic E-state index is 0.0807. The highest BCUT2D eigenvalue weighted by Crippen LogP contribution is 2.28. The first kappa shape index (κ1) is 11.7. The lowest BCUT2D eigenvalue weighted by atomic mass is 10.2. The van der Waals surface area contributed by atoms with E-state index in [-0.39, 0.29) is 5.91 Å². The molecule has 0 heterocycles. The fraction of sp³-hybridized carbons (Fsp3) is 0.417. The maximum atomic E-state index is 12.1. The number of hydrogen-bond acceptors (Lipinski definition) is 2. The van der Waals surface area contributed by atoms with Crippen LogP contribution in [-0.2, 0) is 0 Å². The van der Waals surface area contributed by atoms with E-state index >= 15 is 0 Å². The zero-order chi connectivity index (χ0) is 11.7. The number of carbonyl (C=O) groups excluding carboxylic acids is 1. The maximum Gasteiger partial charge on any atom is 0.253 e. The van der Waals surface area contributed by atoms with E-state index in [0.717, 1.165) is 22.2 Å². The fourth-order valence-corrected chi connectivity index (χ4v) is 2.18. The Morgan fingerprint density at radius 1 is 1.50 bits per heavy atom. The SMILES string of the molecule is COc1cc(C(=O)N(C)C2CC2)ccc1I. The molecule has 1 aromatic rings. The minimum atomic E-state index is 0.0807. The third kappa shape index (κ3) is 2.31. The second-order valence-electron chi connectivity index (χ2n) is 4.00. The number of carbonyl (C=O) groups is 1. The number of ether oxygens (including phenoxy) is 1. The number of nitrogens with zero attached hydrogens (tertiary/aromatic N) is 1. The van der Waals surface area contributed by atoms with Crippen molar-refractivity contribution < 1.29 is 9.53 Å². The second-order valence-corrected chi connectivity index (χ2v) is 5.16. The zero-order valence-corrected chi connectivity index (χ0v) is 11.5. The third-order valence-electron chi connectivity index (χ3n) is 2.81. The van der Waals surface area contributed by atoms with E-state index in [2.05, 4.69) is 22.6 Å². The monoisotopic (exact) mass is 331 g/mol. The highest BCUT2D eigenvalue weighted by atomic mass is 127. The first-order valence-corrected chi connectivity index (χ1v) is 6.32. The van der Waals surface area contributed by atoms with Crippen LogP contribution in [0.15, 0.2) is 18.2 Å². The van der Waals surface area contributed by atoms with Crippen molar-refractivity contribution in [3.05, 3.63) is 27.3 Å². The zero-order valence-electron chi connectivity index (χ0n) is 9.37. The maximum absolute atomic E-state index is 12.1. The Bertz CT molecular complexity index is 415. The summed E-state index contributed by atoms with van der Waals surface area (Å²) in [7, 11) is 3.49. The molecule has 4 heteroatoms. The van der Waals surface area contributed by atoms with E-state index in [4.69, 9.17) is 4.74 Å². The number of methoxy groups -OCH3 is 1. The van der Waals surface area contributed by atoms with Crippen molar-refractivity contribution in [1.29, 1.82) is 0 Å². The molecule has 16 heavy (non-hydrogen) atoms. The Hall–Kier alpha value is -0.780. The van der Waals surface area contributed by atoms with Gasteiger partial charge in [-0.3, -0.25) is 4.79 Å². The smallest absolute Gasteiger partial charge is 0.253 e. The van der Waals surface area contributed by atoms with Gasteiger partial charge in [0, 0.05) is 18.7 Å². The van der Waals surface area contributed by atoms with Crippen LogP contribution in [0.1, 0.15) is 23.2 Å². The van der Waals surface area contributed by atoms with Gasteiger partial charge in [-0.15, -0.1) is 0 Å². The average molecular weight is 331 g/mol. The molecule has 0 bridgehead atoms. The van der Waals surface area contributed by atoms with Crippen LogP contribution in [0.25, 0.3) is 0 Å². The van der Waals surface area contributed by atoms with Crippen LogP contribution in [0.2, 0.25) is 0 Å². The van der Waals surface area contributed by atoms with Crippen LogP contribution < -0.4 is 4.74 Å². The summed E-state index contributed by atoms with van der Waals surface area (Å²) < 4.78 is 6.23. The fourth-order valence-electron chi connectivity index (χ4n) is 1.62.